The molecule has 0 saturated carbocycles. The predicted octanol–water partition coefficient (Wildman–Crippen LogP) is 3.48. The Balaban J connectivity index is 2.33. The zero-order valence-electron chi connectivity index (χ0n) is 10.6. The first kappa shape index (κ1) is 13.9. The van der Waals surface area contributed by atoms with Gasteiger partial charge in [0.15, 0.2) is 0 Å². The Kier molecular flexibility index (Phi) is 3.92. The predicted molar refractivity (Wildman–Crippen MR) is 77.0 cm³/mol. The monoisotopic (exact) mass is 286 g/mol. The quantitative estimate of drug-likeness (QED) is 0.887. The molecule has 0 bridgehead atoms. The van der Waals surface area contributed by atoms with Gasteiger partial charge in [-0.05, 0) is 42.8 Å². The van der Waals surface area contributed by atoms with Crippen LogP contribution in [0.3, 0.4) is 0 Å². The van der Waals surface area contributed by atoms with Crippen molar-refractivity contribution in [2.75, 3.05) is 5.32 Å². The second-order valence-electron chi connectivity index (χ2n) is 4.28. The number of anilines is 1. The Morgan fingerprint density at radius 1 is 1.30 bits per heavy atom. The molecule has 5 heteroatoms. The SMILES string of the molecule is Cc1ccc(C(=O)Nc2cc(Cl)ccc2C#N)c(O)c1. The Morgan fingerprint density at radius 2 is 2.05 bits per heavy atom. The zero-order chi connectivity index (χ0) is 14.7. The molecule has 0 spiro atoms. The molecular weight excluding hydrogens is 276 g/mol. The normalized spacial score (nSPS) is 9.85. The lowest BCUT2D eigenvalue weighted by atomic mass is 10.1. The number of carbonyl (C=O) groups excluding carboxylic acids is 1. The van der Waals surface area contributed by atoms with Crippen LogP contribution in [0.15, 0.2) is 36.4 Å². The minimum Gasteiger partial charge on any atom is -0.507 e. The maximum atomic E-state index is 12.1. The molecule has 2 aromatic rings. The van der Waals surface area contributed by atoms with Gasteiger partial charge in [-0.15, -0.1) is 0 Å². The number of aryl methyl sites for hydroxylation is 1. The van der Waals surface area contributed by atoms with E-state index in [0.29, 0.717) is 16.3 Å². The standard InChI is InChI=1S/C15H11ClN2O2/c1-9-2-5-12(14(19)6-9)15(20)18-13-7-11(16)4-3-10(13)8-17/h2-7,19H,1H3,(H,18,20). The van der Waals surface area contributed by atoms with E-state index < -0.39 is 5.91 Å². The van der Waals surface area contributed by atoms with E-state index in [0.717, 1.165) is 5.56 Å². The van der Waals surface area contributed by atoms with Crippen LogP contribution in [0.25, 0.3) is 0 Å². The molecule has 2 rings (SSSR count). The number of phenols is 1. The molecule has 0 unspecified atom stereocenters. The number of phenolic OH excluding ortho intramolecular Hbond substituents is 1. The van der Waals surface area contributed by atoms with Crippen LogP contribution in [-0.2, 0) is 0 Å². The van der Waals surface area contributed by atoms with Crippen molar-refractivity contribution >= 4 is 23.2 Å². The highest BCUT2D eigenvalue weighted by molar-refractivity contribution is 6.31. The first-order chi connectivity index (χ1) is 9.51. The number of nitrogens with one attached hydrogen (secondary N) is 1. The van der Waals surface area contributed by atoms with Crippen molar-refractivity contribution in [2.24, 2.45) is 0 Å². The highest BCUT2D eigenvalue weighted by Crippen LogP contribution is 2.23. The lowest BCUT2D eigenvalue weighted by Gasteiger charge is -2.09. The second kappa shape index (κ2) is 5.64. The van der Waals surface area contributed by atoms with Crippen LogP contribution in [-0.4, -0.2) is 11.0 Å². The second-order valence-corrected chi connectivity index (χ2v) is 4.71. The number of amides is 1. The number of hydrogen-bond acceptors (Lipinski definition) is 3. The third-order valence-corrected chi connectivity index (χ3v) is 2.98. The fraction of sp³-hybridized carbons (Fsp3) is 0.0667. The summed E-state index contributed by atoms with van der Waals surface area (Å²) >= 11 is 5.85. The molecule has 2 aromatic carbocycles. The molecule has 0 aromatic heterocycles. The summed E-state index contributed by atoms with van der Waals surface area (Å²) in [6.07, 6.45) is 0. The Morgan fingerprint density at radius 3 is 2.70 bits per heavy atom. The topological polar surface area (TPSA) is 73.1 Å². The molecule has 100 valence electrons. The Labute approximate surface area is 121 Å². The van der Waals surface area contributed by atoms with Crippen molar-refractivity contribution in [2.45, 2.75) is 6.92 Å². The minimum absolute atomic E-state index is 0.108. The van der Waals surface area contributed by atoms with Gasteiger partial charge in [0.1, 0.15) is 11.8 Å². The van der Waals surface area contributed by atoms with E-state index >= 15 is 0 Å². The highest BCUT2D eigenvalue weighted by Gasteiger charge is 2.13. The molecule has 0 aliphatic heterocycles. The van der Waals surface area contributed by atoms with Gasteiger partial charge in [-0.1, -0.05) is 17.7 Å². The molecule has 20 heavy (non-hydrogen) atoms. The molecule has 0 atom stereocenters. The molecule has 0 fully saturated rings. The van der Waals surface area contributed by atoms with Crippen LogP contribution in [0.1, 0.15) is 21.5 Å². The zero-order valence-corrected chi connectivity index (χ0v) is 11.4. The van der Waals surface area contributed by atoms with E-state index in [-0.39, 0.29) is 11.3 Å². The van der Waals surface area contributed by atoms with Crippen LogP contribution in [0.2, 0.25) is 5.02 Å². The van der Waals surface area contributed by atoms with Crippen LogP contribution >= 0.6 is 11.6 Å². The number of hydrogen-bond donors (Lipinski definition) is 2. The summed E-state index contributed by atoms with van der Waals surface area (Å²) in [4.78, 5) is 12.1. The maximum absolute atomic E-state index is 12.1. The number of rotatable bonds is 2. The average molecular weight is 287 g/mol. The number of nitriles is 1. The summed E-state index contributed by atoms with van der Waals surface area (Å²) in [5.74, 6) is -0.607. The fourth-order valence-electron chi connectivity index (χ4n) is 1.74. The lowest BCUT2D eigenvalue weighted by Crippen LogP contribution is -2.13. The number of carbonyl (C=O) groups is 1. The van der Waals surface area contributed by atoms with E-state index in [9.17, 15) is 9.90 Å². The van der Waals surface area contributed by atoms with E-state index in [4.69, 9.17) is 16.9 Å². The molecule has 0 heterocycles. The summed E-state index contributed by atoms with van der Waals surface area (Å²) in [7, 11) is 0. The molecule has 0 aliphatic carbocycles. The van der Waals surface area contributed by atoms with Crippen molar-refractivity contribution in [1.29, 1.82) is 5.26 Å². The largest absolute Gasteiger partial charge is 0.507 e. The lowest BCUT2D eigenvalue weighted by molar-refractivity contribution is 0.102. The van der Waals surface area contributed by atoms with Gasteiger partial charge in [0, 0.05) is 5.02 Å². The van der Waals surface area contributed by atoms with Gasteiger partial charge in [0.05, 0.1) is 16.8 Å². The van der Waals surface area contributed by atoms with Gasteiger partial charge in [0.25, 0.3) is 5.91 Å². The number of benzene rings is 2. The molecular formula is C15H11ClN2O2. The molecule has 1 amide bonds. The Hall–Kier alpha value is -2.51. The Bertz CT molecular complexity index is 720. The van der Waals surface area contributed by atoms with Crippen LogP contribution in [0, 0.1) is 18.3 Å². The minimum atomic E-state index is -0.499. The summed E-state index contributed by atoms with van der Waals surface area (Å²) < 4.78 is 0. The molecule has 0 radical (unpaired) electrons. The van der Waals surface area contributed by atoms with E-state index in [1.807, 2.05) is 13.0 Å². The van der Waals surface area contributed by atoms with Gasteiger partial charge < -0.3 is 10.4 Å². The van der Waals surface area contributed by atoms with Gasteiger partial charge in [-0.2, -0.15) is 5.26 Å². The first-order valence-corrected chi connectivity index (χ1v) is 6.19. The molecule has 0 aliphatic rings. The number of nitrogens with zero attached hydrogens (tertiary/aromatic N) is 1. The summed E-state index contributed by atoms with van der Waals surface area (Å²) in [6.45, 7) is 1.81. The van der Waals surface area contributed by atoms with Gasteiger partial charge in [0.2, 0.25) is 0 Å². The smallest absolute Gasteiger partial charge is 0.259 e. The molecule has 0 saturated heterocycles. The van der Waals surface area contributed by atoms with Crippen molar-refractivity contribution in [3.63, 3.8) is 0 Å². The fourth-order valence-corrected chi connectivity index (χ4v) is 1.91. The van der Waals surface area contributed by atoms with Crippen LogP contribution in [0.5, 0.6) is 5.75 Å². The summed E-state index contributed by atoms with van der Waals surface area (Å²) in [5.41, 5.74) is 1.60. The average Bonchev–Trinajstić information content (AvgIpc) is 2.38. The number of halogens is 1. The van der Waals surface area contributed by atoms with Gasteiger partial charge in [-0.3, -0.25) is 4.79 Å². The summed E-state index contributed by atoms with van der Waals surface area (Å²) in [5, 5.41) is 21.7. The van der Waals surface area contributed by atoms with E-state index in [1.165, 1.54) is 24.3 Å². The van der Waals surface area contributed by atoms with Crippen molar-refractivity contribution < 1.29 is 9.90 Å². The highest BCUT2D eigenvalue weighted by atomic mass is 35.5. The van der Waals surface area contributed by atoms with Crippen LogP contribution in [0.4, 0.5) is 5.69 Å². The van der Waals surface area contributed by atoms with E-state index in [1.54, 1.807) is 12.1 Å². The first-order valence-electron chi connectivity index (χ1n) is 5.82. The third kappa shape index (κ3) is 2.90. The number of aromatic hydroxyl groups is 1. The molecule has 4 nitrogen and oxygen atoms in total. The van der Waals surface area contributed by atoms with Crippen molar-refractivity contribution in [3.05, 3.63) is 58.1 Å². The van der Waals surface area contributed by atoms with Gasteiger partial charge >= 0.3 is 0 Å². The van der Waals surface area contributed by atoms with Crippen molar-refractivity contribution in [3.8, 4) is 11.8 Å². The third-order valence-electron chi connectivity index (χ3n) is 2.75. The maximum Gasteiger partial charge on any atom is 0.259 e. The van der Waals surface area contributed by atoms with Crippen molar-refractivity contribution in [1.82, 2.24) is 0 Å². The van der Waals surface area contributed by atoms with Gasteiger partial charge in [-0.25, -0.2) is 0 Å². The molecule has 2 N–H and O–H groups in total. The van der Waals surface area contributed by atoms with Crippen LogP contribution < -0.4 is 5.32 Å². The van der Waals surface area contributed by atoms with E-state index in [2.05, 4.69) is 5.32 Å². The summed E-state index contributed by atoms with van der Waals surface area (Å²) in [6, 6.07) is 11.3.